The van der Waals surface area contributed by atoms with Crippen molar-refractivity contribution < 1.29 is 63.8 Å². The van der Waals surface area contributed by atoms with E-state index in [2.05, 4.69) is 6.07 Å². The molecule has 0 aromatic carbocycles. The fourth-order valence-electron chi connectivity index (χ4n) is 0.314. The van der Waals surface area contributed by atoms with Crippen LogP contribution in [0, 0.1) is 37.2 Å². The van der Waals surface area contributed by atoms with Crippen LogP contribution < -0.4 is 5.73 Å². The summed E-state index contributed by atoms with van der Waals surface area (Å²) in [4.78, 5) is 0. The van der Waals surface area contributed by atoms with Gasteiger partial charge in [-0.3, -0.25) is 0 Å². The summed E-state index contributed by atoms with van der Waals surface area (Å²) in [7, 11) is 0. The maximum absolute atomic E-state index is 6.89. The third-order valence-corrected chi connectivity index (χ3v) is 1.27. The number of rotatable bonds is 0. The molecule has 1 rings (SSSR count). The Hall–Kier alpha value is 1.46. The summed E-state index contributed by atoms with van der Waals surface area (Å²) in [5.74, 6) is 0. The number of hydrogen-bond donors (Lipinski definition) is 1. The molecule has 1 aromatic heterocycles. The number of anilines is 1. The van der Waals surface area contributed by atoms with Gasteiger partial charge in [0.05, 0.1) is 0 Å². The van der Waals surface area contributed by atoms with Crippen LogP contribution >= 0.6 is 11.3 Å². The number of nitrogen functional groups attached to an aromatic ring is 1. The van der Waals surface area contributed by atoms with Gasteiger partial charge in [0.15, 0.2) is 0 Å². The van der Waals surface area contributed by atoms with Crippen LogP contribution in [0.5, 0.6) is 0 Å². The first kappa shape index (κ1) is 13.1. The zero-order chi connectivity index (χ0) is 5.28. The second-order valence-corrected chi connectivity index (χ2v) is 2.05. The van der Waals surface area contributed by atoms with Gasteiger partial charge in [-0.2, -0.15) is 5.38 Å². The summed E-state index contributed by atoms with van der Waals surface area (Å²) in [5.41, 5.74) is 12.5. The molecule has 0 atom stereocenters. The Balaban J connectivity index is 0. The van der Waals surface area contributed by atoms with E-state index in [-0.39, 0.29) is 63.8 Å². The van der Waals surface area contributed by atoms with Gasteiger partial charge in [-0.1, -0.05) is 0 Å². The van der Waals surface area contributed by atoms with Gasteiger partial charge in [0.25, 0.3) is 0 Å². The molecule has 9 heavy (non-hydrogen) atoms. The zero-order valence-corrected chi connectivity index (χ0v) is 12.5. The molecule has 1 radical (unpaired) electrons. The Morgan fingerprint density at radius 2 is 2.22 bits per heavy atom. The van der Waals surface area contributed by atoms with Crippen LogP contribution in [0.2, 0.25) is 0 Å². The van der Waals surface area contributed by atoms with Gasteiger partial charge in [-0.15, -0.1) is 0 Å². The molecule has 0 amide bonds. The van der Waals surface area contributed by atoms with Crippen molar-refractivity contribution in [3.8, 4) is 0 Å². The van der Waals surface area contributed by atoms with Crippen LogP contribution in [-0.4, -0.2) is 0 Å². The topological polar surface area (TPSA) is 49.8 Å². The Morgan fingerprint density at radius 3 is 2.33 bits per heavy atom. The standard InChI is InChI=1S/C4H4N2S.U.Y/c5-3-1-4(6)7-2-3;;/h2,5H,6H2;;/q-2;;. The molecule has 2 nitrogen and oxygen atoms in total. The zero-order valence-electron chi connectivity index (χ0n) is 4.64. The minimum absolute atomic E-state index is 0. The van der Waals surface area contributed by atoms with Crippen molar-refractivity contribution in [3.63, 3.8) is 0 Å². The fraction of sp³-hybridized carbons (Fsp3) is 0. The first-order valence-electron chi connectivity index (χ1n) is 1.77. The van der Waals surface area contributed by atoms with E-state index in [1.165, 1.54) is 11.3 Å². The van der Waals surface area contributed by atoms with Gasteiger partial charge in [-0.25, -0.2) is 17.4 Å². The van der Waals surface area contributed by atoms with Crippen LogP contribution in [0.1, 0.15) is 0 Å². The van der Waals surface area contributed by atoms with Gasteiger partial charge >= 0.3 is 0 Å². The molecular weight excluding hydrogens is 435 g/mol. The quantitative estimate of drug-likeness (QED) is 0.617. The number of hydrogen-bond acceptors (Lipinski definition) is 2. The van der Waals surface area contributed by atoms with Crippen molar-refractivity contribution in [1.29, 1.82) is 0 Å². The molecule has 1 aromatic rings. The van der Waals surface area contributed by atoms with Gasteiger partial charge in [0.1, 0.15) is 0 Å². The Bertz CT molecular complexity index is 151. The van der Waals surface area contributed by atoms with E-state index >= 15 is 0 Å². The molecule has 3 N–H and O–H groups in total. The summed E-state index contributed by atoms with van der Waals surface area (Å²) in [6.45, 7) is 0. The molecule has 0 aliphatic heterocycles. The smallest absolute Gasteiger partial charge is 0 e. The molecule has 0 saturated heterocycles. The SMILES string of the molecule is [NH-]c1[c-]c(N)sc1.[U].[Y]. The van der Waals surface area contributed by atoms with Crippen molar-refractivity contribution in [1.82, 2.24) is 0 Å². The Kier molecular flexibility index (Phi) is 8.98. The average Bonchev–Trinajstić information content (AvgIpc) is 1.87. The average molecular weight is 439 g/mol. The number of nitrogens with two attached hydrogens (primary N) is 1. The van der Waals surface area contributed by atoms with Gasteiger partial charge < -0.3 is 17.2 Å². The normalized spacial score (nSPS) is 7.11. The van der Waals surface area contributed by atoms with Crippen LogP contribution in [0.3, 0.4) is 0 Å². The Morgan fingerprint density at radius 1 is 1.67 bits per heavy atom. The molecule has 45 valence electrons. The predicted octanol–water partition coefficient (Wildman–Crippen LogP) is 1.81. The summed E-state index contributed by atoms with van der Waals surface area (Å²) in [6, 6.07) is 2.60. The molecule has 1 heterocycles. The largest absolute Gasteiger partial charge is 0.729 e. The maximum Gasteiger partial charge on any atom is 0 e. The molecule has 0 aliphatic rings. The molecule has 0 unspecified atom stereocenters. The maximum atomic E-state index is 6.89. The predicted molar refractivity (Wildman–Crippen MR) is 31.5 cm³/mol. The third-order valence-electron chi connectivity index (χ3n) is 0.562. The first-order valence-corrected chi connectivity index (χ1v) is 2.65. The van der Waals surface area contributed by atoms with E-state index < -0.39 is 0 Å². The van der Waals surface area contributed by atoms with Gasteiger partial charge in [0, 0.05) is 63.8 Å². The number of nitrogens with one attached hydrogen (secondary N) is 1. The summed E-state index contributed by atoms with van der Waals surface area (Å²) in [6.07, 6.45) is 0. The second-order valence-electron chi connectivity index (χ2n) is 1.14. The summed E-state index contributed by atoms with van der Waals surface area (Å²) < 4.78 is 0. The minimum Gasteiger partial charge on any atom is -0.729 e. The minimum atomic E-state index is 0. The summed E-state index contributed by atoms with van der Waals surface area (Å²) >= 11 is 1.34. The van der Waals surface area contributed by atoms with Crippen LogP contribution in [0.15, 0.2) is 5.38 Å². The molecule has 0 aliphatic carbocycles. The van der Waals surface area contributed by atoms with Gasteiger partial charge in [-0.05, 0) is 5.00 Å². The van der Waals surface area contributed by atoms with E-state index in [9.17, 15) is 0 Å². The number of thiophene rings is 1. The monoisotopic (exact) mass is 439 g/mol. The molecule has 0 fully saturated rings. The molecule has 0 bridgehead atoms. The van der Waals surface area contributed by atoms with E-state index in [0.717, 1.165) is 0 Å². The van der Waals surface area contributed by atoms with Crippen molar-refractivity contribution >= 4 is 22.0 Å². The van der Waals surface area contributed by atoms with E-state index in [4.69, 9.17) is 11.5 Å². The fourth-order valence-corrected chi connectivity index (χ4v) is 0.787. The molecule has 0 spiro atoms. The van der Waals surface area contributed by atoms with Crippen molar-refractivity contribution in [3.05, 3.63) is 17.2 Å². The first-order chi connectivity index (χ1) is 3.29. The third kappa shape index (κ3) is 4.81. The Labute approximate surface area is 107 Å². The van der Waals surface area contributed by atoms with E-state index in [1.54, 1.807) is 5.38 Å². The second kappa shape index (κ2) is 6.18. The van der Waals surface area contributed by atoms with Crippen molar-refractivity contribution in [2.45, 2.75) is 0 Å². The van der Waals surface area contributed by atoms with E-state index in [1.807, 2.05) is 0 Å². The van der Waals surface area contributed by atoms with Gasteiger partial charge in [0.2, 0.25) is 0 Å². The van der Waals surface area contributed by atoms with E-state index in [0.29, 0.717) is 10.7 Å². The van der Waals surface area contributed by atoms with Crippen LogP contribution in [0.4, 0.5) is 10.7 Å². The molecular formula is C4H4N2SUY-2. The van der Waals surface area contributed by atoms with Crippen LogP contribution in [0.25, 0.3) is 5.73 Å². The van der Waals surface area contributed by atoms with Crippen molar-refractivity contribution in [2.24, 2.45) is 0 Å². The van der Waals surface area contributed by atoms with Crippen molar-refractivity contribution in [2.75, 3.05) is 5.73 Å². The molecule has 5 heteroatoms. The molecule has 0 saturated carbocycles. The van der Waals surface area contributed by atoms with Crippen LogP contribution in [-0.2, 0) is 32.7 Å². The summed E-state index contributed by atoms with van der Waals surface area (Å²) in [5, 5.41) is 2.24.